The number of hydrogen-bond acceptors (Lipinski definition) is 6. The van der Waals surface area contributed by atoms with Crippen molar-refractivity contribution in [2.75, 3.05) is 0 Å². The van der Waals surface area contributed by atoms with Crippen LogP contribution in [-0.2, 0) is 6.42 Å². The van der Waals surface area contributed by atoms with Crippen LogP contribution in [0.5, 0.6) is 0 Å². The number of thiazole rings is 1. The first kappa shape index (κ1) is 20.6. The van der Waals surface area contributed by atoms with Crippen molar-refractivity contribution in [1.82, 2.24) is 14.6 Å². The number of benzene rings is 2. The lowest BCUT2D eigenvalue weighted by atomic mass is 10.1. The fourth-order valence-corrected chi connectivity index (χ4v) is 4.50. The summed E-state index contributed by atoms with van der Waals surface area (Å²) in [6.07, 6.45) is 1.89. The second-order valence-electron chi connectivity index (χ2n) is 6.96. The van der Waals surface area contributed by atoms with Gasteiger partial charge in [-0.25, -0.2) is 0 Å². The third-order valence-corrected chi connectivity index (χ3v) is 6.28. The maximum Gasteiger partial charge on any atom is 0.296 e. The van der Waals surface area contributed by atoms with Gasteiger partial charge in [-0.1, -0.05) is 64.9 Å². The highest BCUT2D eigenvalue weighted by Crippen LogP contribution is 2.31. The molecule has 0 saturated carbocycles. The number of halogens is 2. The van der Waals surface area contributed by atoms with E-state index in [0.717, 1.165) is 21.4 Å². The van der Waals surface area contributed by atoms with Gasteiger partial charge in [0.05, 0.1) is 5.02 Å². The van der Waals surface area contributed by atoms with E-state index in [0.29, 0.717) is 38.1 Å². The van der Waals surface area contributed by atoms with Gasteiger partial charge in [-0.2, -0.15) is 14.6 Å². The molecule has 0 radical (unpaired) electrons. The zero-order valence-corrected chi connectivity index (χ0v) is 18.6. The molecule has 0 fully saturated rings. The molecule has 3 aromatic heterocycles. The number of nitrogens with zero attached hydrogens (tertiary/aromatic N) is 3. The SMILES string of the molecule is O=c1nc2sc(=Cc3ccc(-c4cc(Cl)ccc4Cl)o3)c(=O)n2nc1Cc1ccccc1. The fourth-order valence-electron chi connectivity index (χ4n) is 3.23. The Morgan fingerprint density at radius 3 is 2.66 bits per heavy atom. The molecule has 9 heteroatoms. The van der Waals surface area contributed by atoms with E-state index in [1.54, 1.807) is 36.4 Å². The molecular weight excluding hydrogens is 469 g/mol. The molecule has 32 heavy (non-hydrogen) atoms. The quantitative estimate of drug-likeness (QED) is 0.384. The monoisotopic (exact) mass is 481 g/mol. The highest BCUT2D eigenvalue weighted by molar-refractivity contribution is 7.15. The summed E-state index contributed by atoms with van der Waals surface area (Å²) in [7, 11) is 0. The largest absolute Gasteiger partial charge is 0.457 e. The van der Waals surface area contributed by atoms with Crippen molar-refractivity contribution in [3.8, 4) is 11.3 Å². The molecule has 0 saturated heterocycles. The van der Waals surface area contributed by atoms with Crippen molar-refractivity contribution in [3.63, 3.8) is 0 Å². The predicted molar refractivity (Wildman–Crippen MR) is 126 cm³/mol. The Kier molecular flexibility index (Phi) is 5.38. The Hall–Kier alpha value is -3.26. The number of hydrogen-bond donors (Lipinski definition) is 0. The second-order valence-corrected chi connectivity index (χ2v) is 8.82. The third-order valence-electron chi connectivity index (χ3n) is 4.76. The highest BCUT2D eigenvalue weighted by atomic mass is 35.5. The standard InChI is InChI=1S/C23H13Cl2N3O3S/c24-14-6-8-17(25)16(11-14)19-9-7-15(31-19)12-20-22(30)28-23(32-20)26-21(29)18(27-28)10-13-4-2-1-3-5-13/h1-9,11-12H,10H2. The average molecular weight is 482 g/mol. The molecule has 0 N–H and O–H groups in total. The molecule has 2 aromatic carbocycles. The normalized spacial score (nSPS) is 12.0. The van der Waals surface area contributed by atoms with Gasteiger partial charge in [0.1, 0.15) is 21.7 Å². The van der Waals surface area contributed by atoms with Crippen LogP contribution >= 0.6 is 34.5 Å². The molecule has 0 aliphatic rings. The molecule has 0 aliphatic carbocycles. The van der Waals surface area contributed by atoms with Gasteiger partial charge in [0.25, 0.3) is 11.1 Å². The first-order valence-electron chi connectivity index (χ1n) is 9.51. The van der Waals surface area contributed by atoms with E-state index in [9.17, 15) is 9.59 Å². The molecule has 3 heterocycles. The van der Waals surface area contributed by atoms with Gasteiger partial charge in [0.2, 0.25) is 4.96 Å². The Morgan fingerprint density at radius 1 is 1.03 bits per heavy atom. The zero-order chi connectivity index (χ0) is 22.2. The summed E-state index contributed by atoms with van der Waals surface area (Å²) in [4.78, 5) is 29.6. The number of furan rings is 1. The highest BCUT2D eigenvalue weighted by Gasteiger charge is 2.13. The molecule has 5 rings (SSSR count). The summed E-state index contributed by atoms with van der Waals surface area (Å²) >= 11 is 13.4. The molecule has 0 aliphatic heterocycles. The predicted octanol–water partition coefficient (Wildman–Crippen LogP) is 4.22. The van der Waals surface area contributed by atoms with Crippen molar-refractivity contribution in [3.05, 3.63) is 113 Å². The first-order valence-corrected chi connectivity index (χ1v) is 11.1. The average Bonchev–Trinajstić information content (AvgIpc) is 3.36. The van der Waals surface area contributed by atoms with Gasteiger partial charge < -0.3 is 4.42 Å². The third kappa shape index (κ3) is 3.98. The first-order chi connectivity index (χ1) is 15.5. The van der Waals surface area contributed by atoms with Crippen molar-refractivity contribution in [1.29, 1.82) is 0 Å². The molecule has 6 nitrogen and oxygen atoms in total. The van der Waals surface area contributed by atoms with E-state index in [4.69, 9.17) is 27.6 Å². The van der Waals surface area contributed by atoms with Crippen LogP contribution < -0.4 is 15.7 Å². The minimum atomic E-state index is -0.447. The molecular formula is C23H13Cl2N3O3S. The second kappa shape index (κ2) is 8.35. The molecule has 5 aromatic rings. The lowest BCUT2D eigenvalue weighted by Crippen LogP contribution is -2.28. The van der Waals surface area contributed by atoms with Crippen molar-refractivity contribution in [2.24, 2.45) is 0 Å². The van der Waals surface area contributed by atoms with E-state index in [-0.39, 0.29) is 16.2 Å². The van der Waals surface area contributed by atoms with Gasteiger partial charge in [0.15, 0.2) is 0 Å². The van der Waals surface area contributed by atoms with Crippen LogP contribution in [0.15, 0.2) is 74.7 Å². The van der Waals surface area contributed by atoms with Crippen LogP contribution in [0.25, 0.3) is 22.4 Å². The van der Waals surface area contributed by atoms with E-state index in [2.05, 4.69) is 10.1 Å². The topological polar surface area (TPSA) is 77.5 Å². The number of rotatable bonds is 4. The Labute approximate surface area is 195 Å². The maximum absolute atomic E-state index is 12.9. The van der Waals surface area contributed by atoms with Crippen LogP contribution in [-0.4, -0.2) is 14.6 Å². The lowest BCUT2D eigenvalue weighted by Gasteiger charge is -2.00. The summed E-state index contributed by atoms with van der Waals surface area (Å²) in [6, 6.07) is 18.0. The van der Waals surface area contributed by atoms with Gasteiger partial charge >= 0.3 is 0 Å². The fraction of sp³-hybridized carbons (Fsp3) is 0.0435. The lowest BCUT2D eigenvalue weighted by molar-refractivity contribution is 0.571. The van der Waals surface area contributed by atoms with Gasteiger partial charge in [-0.05, 0) is 35.9 Å². The smallest absolute Gasteiger partial charge is 0.296 e. The Bertz CT molecular complexity index is 1620. The van der Waals surface area contributed by atoms with Crippen LogP contribution in [0.2, 0.25) is 10.0 Å². The van der Waals surface area contributed by atoms with Crippen molar-refractivity contribution in [2.45, 2.75) is 6.42 Å². The van der Waals surface area contributed by atoms with Crippen molar-refractivity contribution >= 4 is 45.6 Å². The van der Waals surface area contributed by atoms with E-state index >= 15 is 0 Å². The Balaban J connectivity index is 1.54. The molecule has 0 spiro atoms. The number of aromatic nitrogens is 3. The summed E-state index contributed by atoms with van der Waals surface area (Å²) in [5, 5.41) is 5.30. The maximum atomic E-state index is 12.9. The van der Waals surface area contributed by atoms with E-state index < -0.39 is 5.56 Å². The summed E-state index contributed by atoms with van der Waals surface area (Å²) < 4.78 is 7.35. The summed E-state index contributed by atoms with van der Waals surface area (Å²) in [6.45, 7) is 0. The van der Waals surface area contributed by atoms with Gasteiger partial charge in [-0.3, -0.25) is 9.59 Å². The molecule has 0 amide bonds. The van der Waals surface area contributed by atoms with Crippen molar-refractivity contribution < 1.29 is 4.42 Å². The van der Waals surface area contributed by atoms with Crippen LogP contribution in [0.1, 0.15) is 17.0 Å². The molecule has 0 atom stereocenters. The summed E-state index contributed by atoms with van der Waals surface area (Å²) in [5.41, 5.74) is 0.960. The van der Waals surface area contributed by atoms with Crippen LogP contribution in [0, 0.1) is 0 Å². The minimum Gasteiger partial charge on any atom is -0.457 e. The van der Waals surface area contributed by atoms with Crippen LogP contribution in [0.4, 0.5) is 0 Å². The zero-order valence-electron chi connectivity index (χ0n) is 16.3. The minimum absolute atomic E-state index is 0.214. The molecule has 158 valence electrons. The molecule has 0 bridgehead atoms. The molecule has 0 unspecified atom stereocenters. The van der Waals surface area contributed by atoms with Gasteiger partial charge in [0, 0.05) is 23.1 Å². The number of fused-ring (bicyclic) bond motifs is 1. The van der Waals surface area contributed by atoms with E-state index in [1.165, 1.54) is 0 Å². The van der Waals surface area contributed by atoms with E-state index in [1.807, 2.05) is 30.3 Å². The Morgan fingerprint density at radius 2 is 1.84 bits per heavy atom. The summed E-state index contributed by atoms with van der Waals surface area (Å²) in [5.74, 6) is 0.973. The van der Waals surface area contributed by atoms with Crippen LogP contribution in [0.3, 0.4) is 0 Å². The van der Waals surface area contributed by atoms with Gasteiger partial charge in [-0.15, -0.1) is 0 Å².